The second kappa shape index (κ2) is 6.41. The molecule has 8 nitrogen and oxygen atoms in total. The molecular weight excluding hydrogens is 376 g/mol. The van der Waals surface area contributed by atoms with Crippen molar-refractivity contribution in [3.63, 3.8) is 0 Å². The summed E-state index contributed by atoms with van der Waals surface area (Å²) >= 11 is 0. The van der Waals surface area contributed by atoms with E-state index in [2.05, 4.69) is 4.98 Å². The number of hydrogen-bond acceptors (Lipinski definition) is 5. The second-order valence-corrected chi connectivity index (χ2v) is 5.95. The van der Waals surface area contributed by atoms with Crippen LogP contribution in [0.4, 0.5) is 19.4 Å². The van der Waals surface area contributed by atoms with E-state index in [0.29, 0.717) is 6.07 Å². The number of fused-ring (bicyclic) bond motifs is 1. The highest BCUT2D eigenvalue weighted by Gasteiger charge is 2.26. The Hall–Kier alpha value is -3.82. The number of pyridine rings is 2. The SMILES string of the molecule is O=C(O)c1cn(-c2ccc(F)cc2F)c2nc(N3CCOC3=O)ccc2c1=O. The lowest BCUT2D eigenvalue weighted by Crippen LogP contribution is -2.25. The molecule has 1 fully saturated rings. The molecule has 1 amide bonds. The minimum atomic E-state index is -1.50. The number of rotatable bonds is 3. The van der Waals surface area contributed by atoms with E-state index in [9.17, 15) is 28.3 Å². The Kier molecular flexibility index (Phi) is 4.03. The topological polar surface area (TPSA) is 102 Å². The molecule has 4 rings (SSSR count). The van der Waals surface area contributed by atoms with E-state index in [1.165, 1.54) is 17.0 Å². The fourth-order valence-electron chi connectivity index (χ4n) is 2.96. The van der Waals surface area contributed by atoms with Gasteiger partial charge >= 0.3 is 12.1 Å². The fourth-order valence-corrected chi connectivity index (χ4v) is 2.96. The van der Waals surface area contributed by atoms with Crippen molar-refractivity contribution in [2.24, 2.45) is 0 Å². The summed E-state index contributed by atoms with van der Waals surface area (Å²) in [6.45, 7) is 0.398. The van der Waals surface area contributed by atoms with Crippen molar-refractivity contribution in [2.45, 2.75) is 0 Å². The number of carboxylic acids is 1. The molecule has 0 unspecified atom stereocenters. The first-order chi connectivity index (χ1) is 13.4. The number of aromatic carboxylic acids is 1. The smallest absolute Gasteiger partial charge is 0.415 e. The Morgan fingerprint density at radius 1 is 1.18 bits per heavy atom. The number of carbonyl (C=O) groups is 2. The van der Waals surface area contributed by atoms with E-state index < -0.39 is 34.7 Å². The number of ether oxygens (including phenoxy) is 1. The van der Waals surface area contributed by atoms with Gasteiger partial charge in [0.1, 0.15) is 29.6 Å². The van der Waals surface area contributed by atoms with Gasteiger partial charge in [-0.2, -0.15) is 0 Å². The van der Waals surface area contributed by atoms with Crippen molar-refractivity contribution in [1.29, 1.82) is 0 Å². The number of carboxylic acid groups (broad SMARTS) is 1. The molecular formula is C18H11F2N3O5. The van der Waals surface area contributed by atoms with Crippen LogP contribution in [0, 0.1) is 11.6 Å². The Labute approximate surface area is 155 Å². The largest absolute Gasteiger partial charge is 0.477 e. The van der Waals surface area contributed by atoms with Gasteiger partial charge in [0.15, 0.2) is 5.65 Å². The van der Waals surface area contributed by atoms with Crippen molar-refractivity contribution in [1.82, 2.24) is 9.55 Å². The number of anilines is 1. The summed E-state index contributed by atoms with van der Waals surface area (Å²) in [7, 11) is 0. The molecule has 0 atom stereocenters. The van der Waals surface area contributed by atoms with Crippen LogP contribution in [0.15, 0.2) is 41.3 Å². The zero-order valence-corrected chi connectivity index (χ0v) is 14.1. The van der Waals surface area contributed by atoms with Crippen molar-refractivity contribution >= 4 is 28.9 Å². The van der Waals surface area contributed by atoms with Crippen LogP contribution >= 0.6 is 0 Å². The molecule has 0 spiro atoms. The van der Waals surface area contributed by atoms with Crippen molar-refractivity contribution in [3.8, 4) is 5.69 Å². The molecule has 0 saturated carbocycles. The number of carbonyl (C=O) groups excluding carboxylic acids is 1. The molecule has 0 radical (unpaired) electrons. The van der Waals surface area contributed by atoms with E-state index in [1.807, 2.05) is 0 Å². The van der Waals surface area contributed by atoms with Gasteiger partial charge in [-0.05, 0) is 24.3 Å². The third-order valence-electron chi connectivity index (χ3n) is 4.27. The lowest BCUT2D eigenvalue weighted by atomic mass is 10.1. The molecule has 1 aromatic carbocycles. The van der Waals surface area contributed by atoms with Crippen LogP contribution in [0.5, 0.6) is 0 Å². The minimum Gasteiger partial charge on any atom is -0.477 e. The predicted octanol–water partition coefficient (Wildman–Crippen LogP) is 2.32. The number of amides is 1. The fraction of sp³-hybridized carbons (Fsp3) is 0.111. The van der Waals surface area contributed by atoms with E-state index in [-0.39, 0.29) is 35.7 Å². The normalized spacial score (nSPS) is 13.8. The van der Waals surface area contributed by atoms with Crippen molar-refractivity contribution in [3.05, 3.63) is 63.9 Å². The Bertz CT molecular complexity index is 1210. The predicted molar refractivity (Wildman–Crippen MR) is 92.9 cm³/mol. The number of cyclic esters (lactones) is 1. The Morgan fingerprint density at radius 2 is 1.96 bits per heavy atom. The van der Waals surface area contributed by atoms with Gasteiger partial charge < -0.3 is 9.84 Å². The molecule has 0 bridgehead atoms. The summed E-state index contributed by atoms with van der Waals surface area (Å²) in [5.74, 6) is -3.16. The number of aromatic nitrogens is 2. The van der Waals surface area contributed by atoms with Crippen LogP contribution in [-0.4, -0.2) is 39.9 Å². The highest BCUT2D eigenvalue weighted by Crippen LogP contribution is 2.23. The van der Waals surface area contributed by atoms with Gasteiger partial charge in [-0.15, -0.1) is 0 Å². The average Bonchev–Trinajstić information content (AvgIpc) is 3.08. The van der Waals surface area contributed by atoms with Crippen molar-refractivity contribution in [2.75, 3.05) is 18.1 Å². The molecule has 1 saturated heterocycles. The first kappa shape index (κ1) is 17.6. The lowest BCUT2D eigenvalue weighted by molar-refractivity contribution is 0.0695. The summed E-state index contributed by atoms with van der Waals surface area (Å²) in [5, 5.41) is 9.22. The van der Waals surface area contributed by atoms with Gasteiger partial charge in [-0.1, -0.05) is 0 Å². The maximum absolute atomic E-state index is 14.4. The monoisotopic (exact) mass is 387 g/mol. The summed E-state index contributed by atoms with van der Waals surface area (Å²) in [5.41, 5.74) is -1.71. The van der Waals surface area contributed by atoms with E-state index in [0.717, 1.165) is 22.9 Å². The average molecular weight is 387 g/mol. The van der Waals surface area contributed by atoms with E-state index in [1.54, 1.807) is 0 Å². The minimum absolute atomic E-state index is 0.0855. The highest BCUT2D eigenvalue weighted by atomic mass is 19.1. The molecule has 2 aromatic heterocycles. The second-order valence-electron chi connectivity index (χ2n) is 5.95. The van der Waals surface area contributed by atoms with Crippen LogP contribution in [0.3, 0.4) is 0 Å². The van der Waals surface area contributed by atoms with Crippen LogP contribution in [-0.2, 0) is 4.74 Å². The summed E-state index contributed by atoms with van der Waals surface area (Å²) in [4.78, 5) is 41.2. The zero-order valence-electron chi connectivity index (χ0n) is 14.1. The highest BCUT2D eigenvalue weighted by molar-refractivity contribution is 5.94. The number of nitrogens with zero attached hydrogens (tertiary/aromatic N) is 3. The number of hydrogen-bond donors (Lipinski definition) is 1. The molecule has 3 aromatic rings. The zero-order chi connectivity index (χ0) is 20.0. The van der Waals surface area contributed by atoms with Crippen LogP contribution in [0.25, 0.3) is 16.7 Å². The number of benzene rings is 1. The van der Waals surface area contributed by atoms with E-state index in [4.69, 9.17) is 4.74 Å². The van der Waals surface area contributed by atoms with Crippen LogP contribution in [0.1, 0.15) is 10.4 Å². The van der Waals surface area contributed by atoms with Gasteiger partial charge in [0, 0.05) is 12.3 Å². The molecule has 0 aliphatic carbocycles. The molecule has 10 heteroatoms. The van der Waals surface area contributed by atoms with Gasteiger partial charge in [0.25, 0.3) is 0 Å². The van der Waals surface area contributed by atoms with E-state index >= 15 is 0 Å². The Balaban J connectivity index is 2.04. The maximum atomic E-state index is 14.4. The van der Waals surface area contributed by atoms with Gasteiger partial charge in [0.05, 0.1) is 17.6 Å². The van der Waals surface area contributed by atoms with Gasteiger partial charge in [0.2, 0.25) is 5.43 Å². The third kappa shape index (κ3) is 2.75. The molecule has 142 valence electrons. The maximum Gasteiger partial charge on any atom is 0.415 e. The summed E-state index contributed by atoms with van der Waals surface area (Å²) in [6, 6.07) is 5.38. The van der Waals surface area contributed by atoms with Gasteiger partial charge in [-0.25, -0.2) is 23.4 Å². The molecule has 28 heavy (non-hydrogen) atoms. The van der Waals surface area contributed by atoms with Crippen LogP contribution < -0.4 is 10.3 Å². The molecule has 1 aliphatic rings. The van der Waals surface area contributed by atoms with Crippen molar-refractivity contribution < 1.29 is 28.2 Å². The first-order valence-electron chi connectivity index (χ1n) is 8.06. The third-order valence-corrected chi connectivity index (χ3v) is 4.27. The summed E-state index contributed by atoms with van der Waals surface area (Å²) in [6.07, 6.45) is 0.290. The van der Waals surface area contributed by atoms with Crippen LogP contribution in [0.2, 0.25) is 0 Å². The summed E-state index contributed by atoms with van der Waals surface area (Å²) < 4.78 is 33.5. The number of halogens is 2. The lowest BCUT2D eigenvalue weighted by Gasteiger charge is -2.16. The Morgan fingerprint density at radius 3 is 2.61 bits per heavy atom. The van der Waals surface area contributed by atoms with Gasteiger partial charge in [-0.3, -0.25) is 14.3 Å². The molecule has 1 N–H and O–H groups in total. The molecule has 1 aliphatic heterocycles. The quantitative estimate of drug-likeness (QED) is 0.740. The molecule has 3 heterocycles. The first-order valence-corrected chi connectivity index (χ1v) is 8.06. The standard InChI is InChI=1S/C18H11F2N3O5/c19-9-1-3-13(12(20)7-9)23-8-11(17(25)26)15(24)10-2-4-14(21-16(10)23)22-5-6-28-18(22)27/h1-4,7-8H,5-6H2,(H,25,26).